The second-order valence-electron chi connectivity index (χ2n) is 8.77. The third-order valence-corrected chi connectivity index (χ3v) is 6.43. The lowest BCUT2D eigenvalue weighted by molar-refractivity contribution is -0.136. The number of aryl methyl sites for hydroxylation is 1. The standard InChI is InChI=1S/C25H26N4O2/c1-16-10-22(30)28-24(26-16)18-8-5-9-21(12-18)27-25(31)23-19-11-20(23)15-29(14-19)13-17-6-3-2-4-7-17/h2-10,12,19-20,23H,11,13-15H2,1H3,(H,27,31)(H,26,28,30). The van der Waals surface area contributed by atoms with Crippen molar-refractivity contribution in [1.82, 2.24) is 14.9 Å². The molecule has 2 aliphatic heterocycles. The fourth-order valence-electron chi connectivity index (χ4n) is 5.07. The number of anilines is 1. The third kappa shape index (κ3) is 4.16. The molecule has 3 aliphatic rings. The van der Waals surface area contributed by atoms with Gasteiger partial charge in [-0.2, -0.15) is 0 Å². The average molecular weight is 415 g/mol. The number of hydrogen-bond acceptors (Lipinski definition) is 4. The van der Waals surface area contributed by atoms with Gasteiger partial charge in [-0.15, -0.1) is 0 Å². The topological polar surface area (TPSA) is 78.1 Å². The van der Waals surface area contributed by atoms with Crippen LogP contribution in [0.15, 0.2) is 65.5 Å². The first kappa shape index (κ1) is 19.7. The van der Waals surface area contributed by atoms with Gasteiger partial charge in [0.2, 0.25) is 5.91 Å². The van der Waals surface area contributed by atoms with Gasteiger partial charge in [0.05, 0.1) is 0 Å². The molecule has 1 aliphatic carbocycles. The molecule has 0 radical (unpaired) electrons. The van der Waals surface area contributed by atoms with Crippen LogP contribution in [0, 0.1) is 24.7 Å². The molecule has 2 unspecified atom stereocenters. The zero-order valence-electron chi connectivity index (χ0n) is 17.5. The van der Waals surface area contributed by atoms with Gasteiger partial charge in [0.1, 0.15) is 5.82 Å². The van der Waals surface area contributed by atoms with Crippen molar-refractivity contribution in [2.45, 2.75) is 19.9 Å². The maximum Gasteiger partial charge on any atom is 0.251 e. The Morgan fingerprint density at radius 1 is 1.10 bits per heavy atom. The molecule has 3 fully saturated rings. The Balaban J connectivity index is 1.24. The minimum Gasteiger partial charge on any atom is -0.326 e. The molecule has 2 aromatic carbocycles. The van der Waals surface area contributed by atoms with Crippen molar-refractivity contribution >= 4 is 11.6 Å². The number of piperidine rings is 2. The lowest BCUT2D eigenvalue weighted by Gasteiger charge is -2.52. The summed E-state index contributed by atoms with van der Waals surface area (Å²) in [7, 11) is 0. The van der Waals surface area contributed by atoms with Crippen molar-refractivity contribution < 1.29 is 4.79 Å². The molecule has 3 heterocycles. The van der Waals surface area contributed by atoms with Gasteiger partial charge >= 0.3 is 0 Å². The summed E-state index contributed by atoms with van der Waals surface area (Å²) in [5.41, 5.74) is 3.32. The number of amides is 1. The van der Waals surface area contributed by atoms with Crippen molar-refractivity contribution in [3.63, 3.8) is 0 Å². The predicted molar refractivity (Wildman–Crippen MR) is 120 cm³/mol. The summed E-state index contributed by atoms with van der Waals surface area (Å²) in [4.78, 5) is 34.4. The normalized spacial score (nSPS) is 22.5. The van der Waals surface area contributed by atoms with Crippen LogP contribution in [-0.2, 0) is 11.3 Å². The molecule has 6 heteroatoms. The second-order valence-corrected chi connectivity index (χ2v) is 8.77. The molecule has 2 bridgehead atoms. The fourth-order valence-corrected chi connectivity index (χ4v) is 5.07. The highest BCUT2D eigenvalue weighted by molar-refractivity contribution is 5.94. The maximum absolute atomic E-state index is 13.0. The van der Waals surface area contributed by atoms with Crippen LogP contribution in [0.4, 0.5) is 5.69 Å². The van der Waals surface area contributed by atoms with Crippen molar-refractivity contribution in [2.24, 2.45) is 17.8 Å². The zero-order valence-corrected chi connectivity index (χ0v) is 17.5. The smallest absolute Gasteiger partial charge is 0.251 e. The highest BCUT2D eigenvalue weighted by Gasteiger charge is 2.50. The minimum absolute atomic E-state index is 0.0765. The molecule has 2 N–H and O–H groups in total. The number of nitrogens with zero attached hydrogens (tertiary/aromatic N) is 2. The van der Waals surface area contributed by atoms with E-state index in [1.54, 1.807) is 6.92 Å². The van der Waals surface area contributed by atoms with E-state index in [1.807, 2.05) is 30.3 Å². The van der Waals surface area contributed by atoms with E-state index in [1.165, 1.54) is 11.6 Å². The number of hydrogen-bond donors (Lipinski definition) is 2. The Labute approximate surface area is 181 Å². The number of aromatic amines is 1. The molecule has 6 rings (SSSR count). The Bertz CT molecular complexity index is 1150. The Morgan fingerprint density at radius 2 is 1.87 bits per heavy atom. The Morgan fingerprint density at radius 3 is 2.61 bits per heavy atom. The van der Waals surface area contributed by atoms with Crippen LogP contribution in [0.1, 0.15) is 17.7 Å². The van der Waals surface area contributed by atoms with Crippen LogP contribution >= 0.6 is 0 Å². The number of aromatic nitrogens is 2. The number of H-pyrrole nitrogens is 1. The van der Waals surface area contributed by atoms with Gasteiger partial charge in [-0.25, -0.2) is 4.98 Å². The van der Waals surface area contributed by atoms with Crippen molar-refractivity contribution in [3.05, 3.63) is 82.3 Å². The third-order valence-electron chi connectivity index (χ3n) is 6.43. The van der Waals surface area contributed by atoms with Crippen LogP contribution in [0.3, 0.4) is 0 Å². The summed E-state index contributed by atoms with van der Waals surface area (Å²) >= 11 is 0. The van der Waals surface area contributed by atoms with Gasteiger partial charge in [0.25, 0.3) is 5.56 Å². The molecular formula is C25H26N4O2. The summed E-state index contributed by atoms with van der Waals surface area (Å²) in [5.74, 6) is 1.52. The molecule has 0 spiro atoms. The molecule has 1 saturated carbocycles. The van der Waals surface area contributed by atoms with Crippen LogP contribution in [0.2, 0.25) is 0 Å². The van der Waals surface area contributed by atoms with Crippen molar-refractivity contribution in [1.29, 1.82) is 0 Å². The first-order chi connectivity index (χ1) is 15.0. The fraction of sp³-hybridized carbons (Fsp3) is 0.320. The van der Waals surface area contributed by atoms with Crippen LogP contribution in [0.25, 0.3) is 11.4 Å². The van der Waals surface area contributed by atoms with Crippen LogP contribution < -0.4 is 10.9 Å². The summed E-state index contributed by atoms with van der Waals surface area (Å²) in [6.07, 6.45) is 1.14. The lowest BCUT2D eigenvalue weighted by Crippen LogP contribution is -2.58. The Hall–Kier alpha value is -3.25. The van der Waals surface area contributed by atoms with Gasteiger partial charge in [-0.1, -0.05) is 42.5 Å². The number of fused-ring (bicyclic) bond motifs is 2. The monoisotopic (exact) mass is 414 g/mol. The van der Waals surface area contributed by atoms with Gasteiger partial charge < -0.3 is 10.3 Å². The maximum atomic E-state index is 13.0. The van der Waals surface area contributed by atoms with E-state index >= 15 is 0 Å². The molecule has 158 valence electrons. The quantitative estimate of drug-likeness (QED) is 0.670. The van der Waals surface area contributed by atoms with E-state index in [9.17, 15) is 9.59 Å². The lowest BCUT2D eigenvalue weighted by atomic mass is 9.61. The van der Waals surface area contributed by atoms with Gasteiger partial charge in [-0.3, -0.25) is 14.5 Å². The zero-order chi connectivity index (χ0) is 21.4. The first-order valence-corrected chi connectivity index (χ1v) is 10.8. The summed E-state index contributed by atoms with van der Waals surface area (Å²) in [5, 5.41) is 3.10. The van der Waals surface area contributed by atoms with Gasteiger partial charge in [-0.05, 0) is 42.9 Å². The van der Waals surface area contributed by atoms with Gasteiger partial charge in [0.15, 0.2) is 0 Å². The first-order valence-electron chi connectivity index (χ1n) is 10.8. The van der Waals surface area contributed by atoms with E-state index in [2.05, 4.69) is 44.5 Å². The molecule has 1 aromatic heterocycles. The van der Waals surface area contributed by atoms with Crippen molar-refractivity contribution in [2.75, 3.05) is 18.4 Å². The van der Waals surface area contributed by atoms with Crippen LogP contribution in [-0.4, -0.2) is 33.9 Å². The summed E-state index contributed by atoms with van der Waals surface area (Å²) in [6.45, 7) is 4.68. The largest absolute Gasteiger partial charge is 0.326 e. The number of nitrogens with one attached hydrogen (secondary N) is 2. The Kier molecular flexibility index (Phi) is 5.16. The predicted octanol–water partition coefficient (Wildman–Crippen LogP) is 3.45. The SMILES string of the molecule is Cc1cc(=O)[nH]c(-c2cccc(NC(=O)C3C4CC3CN(Cc3ccccc3)C4)c2)n1. The molecule has 31 heavy (non-hydrogen) atoms. The summed E-state index contributed by atoms with van der Waals surface area (Å²) in [6, 6.07) is 19.5. The van der Waals surface area contributed by atoms with E-state index in [4.69, 9.17) is 0 Å². The summed E-state index contributed by atoms with van der Waals surface area (Å²) < 4.78 is 0. The second kappa shape index (κ2) is 8.12. The molecule has 2 saturated heterocycles. The molecule has 2 atom stereocenters. The van der Waals surface area contributed by atoms with Crippen molar-refractivity contribution in [3.8, 4) is 11.4 Å². The molecule has 1 amide bonds. The average Bonchev–Trinajstić information content (AvgIpc) is 2.74. The van der Waals surface area contributed by atoms with Gasteiger partial charge in [0, 0.05) is 48.6 Å². The van der Waals surface area contributed by atoms with E-state index in [0.29, 0.717) is 23.4 Å². The van der Waals surface area contributed by atoms with E-state index in [0.717, 1.165) is 37.3 Å². The van der Waals surface area contributed by atoms with Crippen LogP contribution in [0.5, 0.6) is 0 Å². The number of benzene rings is 2. The number of rotatable bonds is 5. The number of carbonyl (C=O) groups is 1. The highest BCUT2D eigenvalue weighted by atomic mass is 16.2. The highest BCUT2D eigenvalue weighted by Crippen LogP contribution is 2.46. The number of carbonyl (C=O) groups excluding carboxylic acids is 1. The molecular weight excluding hydrogens is 388 g/mol. The molecule has 6 nitrogen and oxygen atoms in total. The van der Waals surface area contributed by atoms with E-state index < -0.39 is 0 Å². The van der Waals surface area contributed by atoms with E-state index in [-0.39, 0.29) is 17.4 Å². The molecule has 3 aromatic rings. The minimum atomic E-state index is -0.181.